The normalized spacial score (nSPS) is 11.2. The zero-order valence-corrected chi connectivity index (χ0v) is 18.6. The lowest BCUT2D eigenvalue weighted by atomic mass is 10.1. The molecule has 0 aliphatic rings. The molecule has 0 bridgehead atoms. The van der Waals surface area contributed by atoms with E-state index in [1.165, 1.54) is 11.3 Å². The van der Waals surface area contributed by atoms with Gasteiger partial charge in [-0.25, -0.2) is 0 Å². The third-order valence-electron chi connectivity index (χ3n) is 5.43. The summed E-state index contributed by atoms with van der Waals surface area (Å²) in [6.45, 7) is 3.46. The molecule has 0 unspecified atom stereocenters. The predicted molar refractivity (Wildman–Crippen MR) is 124 cm³/mol. The first kappa shape index (κ1) is 21.1. The minimum atomic E-state index is -0.160. The van der Waals surface area contributed by atoms with Crippen molar-refractivity contribution in [3.63, 3.8) is 0 Å². The number of benzene rings is 1. The molecule has 3 heterocycles. The van der Waals surface area contributed by atoms with E-state index in [1.807, 2.05) is 54.8 Å². The minimum absolute atomic E-state index is 0.105. The van der Waals surface area contributed by atoms with E-state index in [4.69, 9.17) is 9.47 Å². The van der Waals surface area contributed by atoms with Crippen LogP contribution in [-0.2, 0) is 4.74 Å². The molecular weight excluding hydrogens is 412 g/mol. The Labute approximate surface area is 184 Å². The highest BCUT2D eigenvalue weighted by molar-refractivity contribution is 7.18. The maximum Gasteiger partial charge on any atom is 0.263 e. The fourth-order valence-corrected chi connectivity index (χ4v) is 4.65. The summed E-state index contributed by atoms with van der Waals surface area (Å²) in [6.07, 6.45) is 1.68. The molecule has 4 rings (SSSR count). The number of thiophene rings is 1. The zero-order chi connectivity index (χ0) is 22.0. The molecule has 0 N–H and O–H groups in total. The standard InChI is InChI=1S/C24H24N2O4S/c1-4-25(12-13-29-2)23(27)20-15-26-21(22-19(20)11-14-31-22)10-9-18(24(26)28)16-5-7-17(30-3)8-6-16/h5-11,14-15H,4,12-13H2,1-3H3. The van der Waals surface area contributed by atoms with Gasteiger partial charge in [0.05, 0.1) is 29.5 Å². The summed E-state index contributed by atoms with van der Waals surface area (Å²) < 4.78 is 12.9. The Morgan fingerprint density at radius 3 is 2.55 bits per heavy atom. The number of fused-ring (bicyclic) bond motifs is 3. The lowest BCUT2D eigenvalue weighted by molar-refractivity contribution is 0.0708. The summed E-state index contributed by atoms with van der Waals surface area (Å²) in [5.74, 6) is 0.625. The lowest BCUT2D eigenvalue weighted by Gasteiger charge is -2.21. The van der Waals surface area contributed by atoms with E-state index in [0.717, 1.165) is 26.9 Å². The quantitative estimate of drug-likeness (QED) is 0.433. The van der Waals surface area contributed by atoms with Gasteiger partial charge >= 0.3 is 0 Å². The Morgan fingerprint density at radius 2 is 1.87 bits per heavy atom. The highest BCUT2D eigenvalue weighted by Gasteiger charge is 2.20. The average Bonchev–Trinajstić information content (AvgIpc) is 3.29. The van der Waals surface area contributed by atoms with Crippen LogP contribution in [0, 0.1) is 0 Å². The summed E-state index contributed by atoms with van der Waals surface area (Å²) >= 11 is 1.53. The molecule has 6 nitrogen and oxygen atoms in total. The maximum atomic E-state index is 13.4. The first-order chi connectivity index (χ1) is 15.1. The molecule has 31 heavy (non-hydrogen) atoms. The van der Waals surface area contributed by atoms with Gasteiger partial charge in [0, 0.05) is 37.3 Å². The Hall–Kier alpha value is -3.16. The molecule has 7 heteroatoms. The van der Waals surface area contributed by atoms with E-state index >= 15 is 0 Å². The third-order valence-corrected chi connectivity index (χ3v) is 6.37. The number of ether oxygens (including phenoxy) is 2. The Bertz CT molecular complexity index is 1290. The number of hydrogen-bond acceptors (Lipinski definition) is 5. The second-order valence-electron chi connectivity index (χ2n) is 7.12. The molecule has 1 amide bonds. The van der Waals surface area contributed by atoms with Crippen LogP contribution in [0.3, 0.4) is 0 Å². The van der Waals surface area contributed by atoms with Crippen LogP contribution >= 0.6 is 11.3 Å². The van der Waals surface area contributed by atoms with E-state index in [-0.39, 0.29) is 11.5 Å². The highest BCUT2D eigenvalue weighted by Crippen LogP contribution is 2.30. The summed E-state index contributed by atoms with van der Waals surface area (Å²) in [6, 6.07) is 13.1. The molecule has 0 atom stereocenters. The first-order valence-electron chi connectivity index (χ1n) is 10.1. The van der Waals surface area contributed by atoms with Crippen LogP contribution in [-0.4, -0.2) is 49.1 Å². The number of likely N-dealkylation sites (N-methyl/N-ethyl adjacent to an activating group) is 1. The number of nitrogens with zero attached hydrogens (tertiary/aromatic N) is 2. The predicted octanol–water partition coefficient (Wildman–Crippen LogP) is 4.30. The van der Waals surface area contributed by atoms with E-state index in [0.29, 0.717) is 30.8 Å². The van der Waals surface area contributed by atoms with Crippen molar-refractivity contribution in [3.05, 3.63) is 70.0 Å². The van der Waals surface area contributed by atoms with Crippen LogP contribution < -0.4 is 10.3 Å². The second-order valence-corrected chi connectivity index (χ2v) is 8.04. The van der Waals surface area contributed by atoms with E-state index < -0.39 is 0 Å². The van der Waals surface area contributed by atoms with Crippen molar-refractivity contribution < 1.29 is 14.3 Å². The van der Waals surface area contributed by atoms with Crippen LogP contribution in [0.2, 0.25) is 0 Å². The van der Waals surface area contributed by atoms with Crippen molar-refractivity contribution >= 4 is 32.8 Å². The van der Waals surface area contributed by atoms with Crippen molar-refractivity contribution in [2.75, 3.05) is 33.9 Å². The fraction of sp³-hybridized carbons (Fsp3) is 0.250. The van der Waals surface area contributed by atoms with Crippen molar-refractivity contribution in [2.24, 2.45) is 0 Å². The van der Waals surface area contributed by atoms with Crippen molar-refractivity contribution in [3.8, 4) is 16.9 Å². The molecule has 0 aliphatic carbocycles. The van der Waals surface area contributed by atoms with Gasteiger partial charge < -0.3 is 14.4 Å². The third kappa shape index (κ3) is 3.82. The van der Waals surface area contributed by atoms with Gasteiger partial charge in [-0.05, 0) is 48.2 Å². The topological polar surface area (TPSA) is 60.2 Å². The molecule has 160 valence electrons. The monoisotopic (exact) mass is 436 g/mol. The number of pyridine rings is 2. The highest BCUT2D eigenvalue weighted by atomic mass is 32.1. The van der Waals surface area contributed by atoms with Gasteiger partial charge in [-0.15, -0.1) is 11.3 Å². The van der Waals surface area contributed by atoms with Gasteiger partial charge in [-0.2, -0.15) is 0 Å². The molecular formula is C24H24N2O4S. The van der Waals surface area contributed by atoms with Crippen molar-refractivity contribution in [1.82, 2.24) is 9.30 Å². The summed E-state index contributed by atoms with van der Waals surface area (Å²) in [5, 5.41) is 2.82. The first-order valence-corrected chi connectivity index (χ1v) is 10.9. The van der Waals surface area contributed by atoms with Gasteiger partial charge in [0.15, 0.2) is 0 Å². The smallest absolute Gasteiger partial charge is 0.263 e. The molecule has 0 spiro atoms. The average molecular weight is 437 g/mol. The van der Waals surface area contributed by atoms with Crippen LogP contribution in [0.1, 0.15) is 17.3 Å². The molecule has 0 saturated carbocycles. The summed E-state index contributed by atoms with van der Waals surface area (Å²) in [7, 11) is 3.22. The minimum Gasteiger partial charge on any atom is -0.497 e. The lowest BCUT2D eigenvalue weighted by Crippen LogP contribution is -2.34. The van der Waals surface area contributed by atoms with Crippen molar-refractivity contribution in [2.45, 2.75) is 6.92 Å². The number of amides is 1. The van der Waals surface area contributed by atoms with E-state index in [2.05, 4.69) is 0 Å². The van der Waals surface area contributed by atoms with Crippen molar-refractivity contribution in [1.29, 1.82) is 0 Å². The Kier molecular flexibility index (Phi) is 6.06. The van der Waals surface area contributed by atoms with Crippen LogP contribution in [0.25, 0.3) is 26.7 Å². The Morgan fingerprint density at radius 1 is 1.10 bits per heavy atom. The number of rotatable bonds is 7. The van der Waals surface area contributed by atoms with Crippen LogP contribution in [0.5, 0.6) is 5.75 Å². The molecule has 0 saturated heterocycles. The summed E-state index contributed by atoms with van der Waals surface area (Å²) in [5.41, 5.74) is 2.53. The molecule has 0 radical (unpaired) electrons. The number of carbonyl (C=O) groups is 1. The van der Waals surface area contributed by atoms with Gasteiger partial charge in [-0.1, -0.05) is 12.1 Å². The van der Waals surface area contributed by atoms with E-state index in [1.54, 1.807) is 29.7 Å². The van der Waals surface area contributed by atoms with Gasteiger partial charge in [0.25, 0.3) is 11.5 Å². The molecule has 4 aromatic rings. The molecule has 1 aromatic carbocycles. The van der Waals surface area contributed by atoms with Gasteiger partial charge in [0.2, 0.25) is 0 Å². The second kappa shape index (κ2) is 8.91. The zero-order valence-electron chi connectivity index (χ0n) is 17.8. The molecule has 3 aromatic heterocycles. The largest absolute Gasteiger partial charge is 0.497 e. The van der Waals surface area contributed by atoms with E-state index in [9.17, 15) is 9.59 Å². The summed E-state index contributed by atoms with van der Waals surface area (Å²) in [4.78, 5) is 28.5. The SMILES string of the molecule is CCN(CCOC)C(=O)c1cn2c(=O)c(-c3ccc(OC)cc3)ccc2c2sccc12. The van der Waals surface area contributed by atoms with Crippen LogP contribution in [0.15, 0.2) is 58.8 Å². The van der Waals surface area contributed by atoms with Gasteiger partial charge in [0.1, 0.15) is 5.75 Å². The number of hydrogen-bond donors (Lipinski definition) is 0. The Balaban J connectivity index is 1.89. The number of carbonyl (C=O) groups excluding carboxylic acids is 1. The number of methoxy groups -OCH3 is 2. The molecule has 0 fully saturated rings. The fourth-order valence-electron chi connectivity index (χ4n) is 3.72. The maximum absolute atomic E-state index is 13.4. The number of aromatic nitrogens is 1. The molecule has 0 aliphatic heterocycles. The van der Waals surface area contributed by atoms with Crippen LogP contribution in [0.4, 0.5) is 0 Å². The van der Waals surface area contributed by atoms with Gasteiger partial charge in [-0.3, -0.25) is 14.0 Å².